The number of carbonyl (C=O) groups is 1. The number of benzene rings is 1. The van der Waals surface area contributed by atoms with Crippen molar-refractivity contribution >= 4 is 27.5 Å². The Balaban J connectivity index is 1.77. The van der Waals surface area contributed by atoms with Gasteiger partial charge in [-0.1, -0.05) is 25.0 Å². The first-order valence-corrected chi connectivity index (χ1v) is 8.23. The van der Waals surface area contributed by atoms with Crippen LogP contribution in [0.3, 0.4) is 0 Å². The topological polar surface area (TPSA) is 42.4 Å². The predicted octanol–water partition coefficient (Wildman–Crippen LogP) is 3.21. The lowest BCUT2D eigenvalue weighted by Gasteiger charge is -2.26. The Hall–Kier alpha value is -1.46. The zero-order valence-corrected chi connectivity index (χ0v) is 13.1. The van der Waals surface area contributed by atoms with Crippen LogP contribution >= 0.6 is 11.3 Å². The minimum atomic E-state index is -0.164. The summed E-state index contributed by atoms with van der Waals surface area (Å²) < 4.78 is 6.04. The SMILES string of the molecule is COC(=O)CN(Cc1nc2ccccc2s1)C1CCCC1. The van der Waals surface area contributed by atoms with Crippen LogP contribution in [0.1, 0.15) is 30.7 Å². The van der Waals surface area contributed by atoms with Crippen molar-refractivity contribution in [3.63, 3.8) is 0 Å². The Morgan fingerprint density at radius 2 is 2.14 bits per heavy atom. The number of ether oxygens (including phenoxy) is 1. The number of nitrogens with zero attached hydrogens (tertiary/aromatic N) is 2. The van der Waals surface area contributed by atoms with Gasteiger partial charge in [0.1, 0.15) is 5.01 Å². The Labute approximate surface area is 128 Å². The largest absolute Gasteiger partial charge is 0.468 e. The molecule has 1 saturated carbocycles. The fraction of sp³-hybridized carbons (Fsp3) is 0.500. The summed E-state index contributed by atoms with van der Waals surface area (Å²) in [6.07, 6.45) is 4.84. The number of esters is 1. The van der Waals surface area contributed by atoms with Crippen molar-refractivity contribution in [1.29, 1.82) is 0 Å². The van der Waals surface area contributed by atoms with Crippen LogP contribution in [0.4, 0.5) is 0 Å². The van der Waals surface area contributed by atoms with E-state index in [1.54, 1.807) is 11.3 Å². The van der Waals surface area contributed by atoms with Crippen molar-refractivity contribution in [2.24, 2.45) is 0 Å². The molecule has 0 unspecified atom stereocenters. The zero-order chi connectivity index (χ0) is 14.7. The second kappa shape index (κ2) is 6.54. The van der Waals surface area contributed by atoms with Crippen LogP contribution in [0.2, 0.25) is 0 Å². The van der Waals surface area contributed by atoms with E-state index < -0.39 is 0 Å². The van der Waals surface area contributed by atoms with Gasteiger partial charge in [-0.2, -0.15) is 0 Å². The summed E-state index contributed by atoms with van der Waals surface area (Å²) in [4.78, 5) is 18.6. The summed E-state index contributed by atoms with van der Waals surface area (Å²) in [7, 11) is 1.45. The van der Waals surface area contributed by atoms with E-state index in [-0.39, 0.29) is 5.97 Å². The molecule has 0 radical (unpaired) electrons. The molecule has 0 amide bonds. The fourth-order valence-corrected chi connectivity index (χ4v) is 3.97. The molecule has 112 valence electrons. The number of thiazole rings is 1. The second-order valence-corrected chi connectivity index (χ2v) is 6.61. The first-order valence-electron chi connectivity index (χ1n) is 7.41. The zero-order valence-electron chi connectivity index (χ0n) is 12.2. The Morgan fingerprint density at radius 1 is 1.38 bits per heavy atom. The molecule has 0 atom stereocenters. The molecule has 21 heavy (non-hydrogen) atoms. The summed E-state index contributed by atoms with van der Waals surface area (Å²) in [6.45, 7) is 1.09. The third kappa shape index (κ3) is 3.41. The van der Waals surface area contributed by atoms with Crippen LogP contribution in [0.5, 0.6) is 0 Å². The van der Waals surface area contributed by atoms with E-state index >= 15 is 0 Å². The number of methoxy groups -OCH3 is 1. The lowest BCUT2D eigenvalue weighted by molar-refractivity contribution is -0.142. The van der Waals surface area contributed by atoms with E-state index in [0.717, 1.165) is 17.1 Å². The Morgan fingerprint density at radius 3 is 2.86 bits per heavy atom. The highest BCUT2D eigenvalue weighted by Gasteiger charge is 2.25. The normalized spacial score (nSPS) is 15.9. The van der Waals surface area contributed by atoms with E-state index in [0.29, 0.717) is 12.6 Å². The van der Waals surface area contributed by atoms with E-state index in [4.69, 9.17) is 4.74 Å². The number of aromatic nitrogens is 1. The molecular formula is C16H20N2O2S. The molecule has 1 aliphatic carbocycles. The monoisotopic (exact) mass is 304 g/mol. The molecule has 1 aromatic heterocycles. The average Bonchev–Trinajstić information content (AvgIpc) is 3.15. The second-order valence-electron chi connectivity index (χ2n) is 5.49. The van der Waals surface area contributed by atoms with E-state index in [2.05, 4.69) is 16.0 Å². The summed E-state index contributed by atoms with van der Waals surface area (Å²) in [5, 5.41) is 1.08. The van der Waals surface area contributed by atoms with Gasteiger partial charge in [0.05, 0.1) is 30.4 Å². The number of rotatable bonds is 5. The smallest absolute Gasteiger partial charge is 0.319 e. The van der Waals surface area contributed by atoms with Gasteiger partial charge in [-0.3, -0.25) is 9.69 Å². The number of para-hydroxylation sites is 1. The quantitative estimate of drug-likeness (QED) is 0.796. The molecule has 1 aromatic carbocycles. The maximum atomic E-state index is 11.7. The molecule has 4 nitrogen and oxygen atoms in total. The summed E-state index contributed by atoms with van der Waals surface area (Å²) in [5.41, 5.74) is 1.04. The third-order valence-electron chi connectivity index (χ3n) is 4.08. The van der Waals surface area contributed by atoms with Crippen LogP contribution < -0.4 is 0 Å². The van der Waals surface area contributed by atoms with Crippen LogP contribution in [-0.2, 0) is 16.1 Å². The van der Waals surface area contributed by atoms with Crippen LogP contribution in [-0.4, -0.2) is 35.5 Å². The molecule has 3 rings (SSSR count). The molecule has 1 fully saturated rings. The van der Waals surface area contributed by atoms with Gasteiger partial charge in [0.25, 0.3) is 0 Å². The van der Waals surface area contributed by atoms with Gasteiger partial charge in [0.15, 0.2) is 0 Å². The molecule has 1 heterocycles. The highest BCUT2D eigenvalue weighted by atomic mass is 32.1. The van der Waals surface area contributed by atoms with E-state index in [1.165, 1.54) is 37.5 Å². The maximum Gasteiger partial charge on any atom is 0.319 e. The number of fused-ring (bicyclic) bond motifs is 1. The number of carbonyl (C=O) groups excluding carboxylic acids is 1. The van der Waals surface area contributed by atoms with Crippen molar-refractivity contribution in [3.05, 3.63) is 29.3 Å². The fourth-order valence-electron chi connectivity index (χ4n) is 2.98. The Bertz CT molecular complexity index is 587. The first kappa shape index (κ1) is 14.5. The maximum absolute atomic E-state index is 11.7. The van der Waals surface area contributed by atoms with Crippen LogP contribution in [0.25, 0.3) is 10.2 Å². The Kier molecular flexibility index (Phi) is 4.51. The summed E-state index contributed by atoms with van der Waals surface area (Å²) in [5.74, 6) is -0.164. The van der Waals surface area contributed by atoms with Crippen molar-refractivity contribution in [2.75, 3.05) is 13.7 Å². The molecule has 5 heteroatoms. The van der Waals surface area contributed by atoms with Gasteiger partial charge in [-0.15, -0.1) is 11.3 Å². The van der Waals surface area contributed by atoms with E-state index in [1.807, 2.05) is 18.2 Å². The lowest BCUT2D eigenvalue weighted by atomic mass is 10.2. The molecule has 0 N–H and O–H groups in total. The molecular weight excluding hydrogens is 284 g/mol. The van der Waals surface area contributed by atoms with Crippen molar-refractivity contribution in [2.45, 2.75) is 38.3 Å². The molecule has 2 aromatic rings. The standard InChI is InChI=1S/C16H20N2O2S/c1-20-16(19)11-18(12-6-2-3-7-12)10-15-17-13-8-4-5-9-14(13)21-15/h4-5,8-9,12H,2-3,6-7,10-11H2,1H3. The summed E-state index contributed by atoms with van der Waals surface area (Å²) in [6, 6.07) is 8.66. The molecule has 0 bridgehead atoms. The third-order valence-corrected chi connectivity index (χ3v) is 5.10. The van der Waals surface area contributed by atoms with E-state index in [9.17, 15) is 4.79 Å². The minimum Gasteiger partial charge on any atom is -0.468 e. The van der Waals surface area contributed by atoms with Gasteiger partial charge >= 0.3 is 5.97 Å². The molecule has 0 saturated heterocycles. The predicted molar refractivity (Wildman–Crippen MR) is 84.3 cm³/mol. The minimum absolute atomic E-state index is 0.164. The summed E-state index contributed by atoms with van der Waals surface area (Å²) >= 11 is 1.71. The van der Waals surface area contributed by atoms with Crippen molar-refractivity contribution in [3.8, 4) is 0 Å². The van der Waals surface area contributed by atoms with Crippen LogP contribution in [0.15, 0.2) is 24.3 Å². The average molecular weight is 304 g/mol. The van der Waals surface area contributed by atoms with Gasteiger partial charge in [0.2, 0.25) is 0 Å². The van der Waals surface area contributed by atoms with Gasteiger partial charge < -0.3 is 4.74 Å². The number of hydrogen-bond donors (Lipinski definition) is 0. The lowest BCUT2D eigenvalue weighted by Crippen LogP contribution is -2.37. The van der Waals surface area contributed by atoms with Gasteiger partial charge in [0, 0.05) is 6.04 Å². The van der Waals surface area contributed by atoms with Crippen LogP contribution in [0, 0.1) is 0 Å². The highest BCUT2D eigenvalue weighted by Crippen LogP contribution is 2.27. The molecule has 0 aliphatic heterocycles. The van der Waals surface area contributed by atoms with Gasteiger partial charge in [-0.05, 0) is 25.0 Å². The van der Waals surface area contributed by atoms with Gasteiger partial charge in [-0.25, -0.2) is 4.98 Å². The molecule has 0 spiro atoms. The molecule has 1 aliphatic rings. The van der Waals surface area contributed by atoms with Crippen molar-refractivity contribution < 1.29 is 9.53 Å². The first-order chi connectivity index (χ1) is 10.3. The number of hydrogen-bond acceptors (Lipinski definition) is 5. The van der Waals surface area contributed by atoms with Crippen molar-refractivity contribution in [1.82, 2.24) is 9.88 Å². The highest BCUT2D eigenvalue weighted by molar-refractivity contribution is 7.18.